The van der Waals surface area contributed by atoms with Gasteiger partial charge in [0.25, 0.3) is 15.9 Å². The molecule has 1 N–H and O–H groups in total. The van der Waals surface area contributed by atoms with Crippen LogP contribution in [0.4, 0.5) is 15.8 Å². The first-order valence-electron chi connectivity index (χ1n) is 9.07. The molecule has 0 aliphatic heterocycles. The van der Waals surface area contributed by atoms with E-state index in [0.29, 0.717) is 22.7 Å². The number of carbonyl (C=O) groups is 1. The van der Waals surface area contributed by atoms with Crippen molar-refractivity contribution in [2.75, 3.05) is 23.3 Å². The average molecular weight is 439 g/mol. The largest absolute Gasteiger partial charge is 0.484 e. The van der Waals surface area contributed by atoms with Crippen molar-refractivity contribution in [2.45, 2.75) is 4.90 Å². The van der Waals surface area contributed by atoms with E-state index < -0.39 is 26.6 Å². The van der Waals surface area contributed by atoms with Gasteiger partial charge in [0.05, 0.1) is 17.3 Å². The fraction of sp³-hybridized carbons (Fsp3) is 0.0909. The number of nitriles is 1. The number of hydrogen-bond donors (Lipinski definition) is 1. The van der Waals surface area contributed by atoms with E-state index >= 15 is 0 Å². The molecule has 0 atom stereocenters. The number of rotatable bonds is 7. The zero-order valence-corrected chi connectivity index (χ0v) is 17.3. The standard InChI is InChI=1S/C22H18FN3O4S/c1-26(31(28,29)21-8-3-2-7-20(21)23)18-9-11-19(12-10-18)30-15-22(27)25-17-6-4-5-16(13-17)14-24/h2-13H,15H2,1H3,(H,25,27). The number of nitrogens with one attached hydrogen (secondary N) is 1. The van der Waals surface area contributed by atoms with Gasteiger partial charge in [-0.15, -0.1) is 0 Å². The first kappa shape index (κ1) is 21.8. The Labute approximate surface area is 179 Å². The number of sulfonamides is 1. The highest BCUT2D eigenvalue weighted by Gasteiger charge is 2.24. The van der Waals surface area contributed by atoms with Gasteiger partial charge in [-0.25, -0.2) is 12.8 Å². The summed E-state index contributed by atoms with van der Waals surface area (Å²) in [5, 5.41) is 11.5. The molecule has 0 bridgehead atoms. The lowest BCUT2D eigenvalue weighted by Crippen LogP contribution is -2.27. The maximum atomic E-state index is 13.9. The predicted octanol–water partition coefficient (Wildman–Crippen LogP) is 3.54. The Bertz CT molecular complexity index is 1240. The van der Waals surface area contributed by atoms with Crippen molar-refractivity contribution >= 4 is 27.3 Å². The third kappa shape index (κ3) is 5.18. The predicted molar refractivity (Wildman–Crippen MR) is 114 cm³/mol. The molecule has 3 aromatic rings. The van der Waals surface area contributed by atoms with Crippen LogP contribution in [0.1, 0.15) is 5.56 Å². The Morgan fingerprint density at radius 1 is 1.10 bits per heavy atom. The number of nitrogens with zero attached hydrogens (tertiary/aromatic N) is 2. The van der Waals surface area contributed by atoms with Crippen molar-refractivity contribution in [3.8, 4) is 11.8 Å². The number of ether oxygens (including phenoxy) is 1. The molecular formula is C22H18FN3O4S. The van der Waals surface area contributed by atoms with Crippen molar-refractivity contribution in [3.05, 3.63) is 84.2 Å². The Morgan fingerprint density at radius 2 is 1.81 bits per heavy atom. The van der Waals surface area contributed by atoms with Crippen LogP contribution in [-0.4, -0.2) is 28.0 Å². The molecule has 7 nitrogen and oxygen atoms in total. The number of hydrogen-bond acceptors (Lipinski definition) is 5. The zero-order chi connectivity index (χ0) is 22.4. The lowest BCUT2D eigenvalue weighted by molar-refractivity contribution is -0.118. The van der Waals surface area contributed by atoms with Crippen molar-refractivity contribution < 1.29 is 22.3 Å². The molecule has 0 aliphatic carbocycles. The first-order valence-corrected chi connectivity index (χ1v) is 10.5. The highest BCUT2D eigenvalue weighted by atomic mass is 32.2. The second-order valence-electron chi connectivity index (χ2n) is 6.43. The summed E-state index contributed by atoms with van der Waals surface area (Å²) in [5.74, 6) is -0.902. The van der Waals surface area contributed by atoms with Crippen LogP contribution in [0.2, 0.25) is 0 Å². The Morgan fingerprint density at radius 3 is 2.48 bits per heavy atom. The number of carbonyl (C=O) groups excluding carboxylic acids is 1. The quantitative estimate of drug-likeness (QED) is 0.607. The summed E-state index contributed by atoms with van der Waals surface area (Å²) in [5.41, 5.74) is 1.19. The molecule has 0 unspecified atom stereocenters. The Balaban J connectivity index is 1.63. The van der Waals surface area contributed by atoms with Gasteiger partial charge >= 0.3 is 0 Å². The maximum Gasteiger partial charge on any atom is 0.266 e. The van der Waals surface area contributed by atoms with E-state index in [1.54, 1.807) is 24.3 Å². The normalized spacial score (nSPS) is 10.7. The van der Waals surface area contributed by atoms with Gasteiger partial charge in [-0.3, -0.25) is 9.10 Å². The smallest absolute Gasteiger partial charge is 0.266 e. The molecule has 0 fully saturated rings. The number of benzene rings is 3. The summed E-state index contributed by atoms with van der Waals surface area (Å²) >= 11 is 0. The summed E-state index contributed by atoms with van der Waals surface area (Å²) in [4.78, 5) is 11.6. The van der Waals surface area contributed by atoms with Crippen LogP contribution in [0.15, 0.2) is 77.7 Å². The minimum absolute atomic E-state index is 0.278. The van der Waals surface area contributed by atoms with Crippen molar-refractivity contribution in [1.29, 1.82) is 5.26 Å². The molecular weight excluding hydrogens is 421 g/mol. The molecule has 158 valence electrons. The molecule has 1 amide bonds. The molecule has 0 saturated carbocycles. The fourth-order valence-corrected chi connectivity index (χ4v) is 3.96. The third-order valence-corrected chi connectivity index (χ3v) is 6.14. The summed E-state index contributed by atoms with van der Waals surface area (Å²) in [6.07, 6.45) is 0. The van der Waals surface area contributed by atoms with Gasteiger partial charge in [0.15, 0.2) is 6.61 Å². The summed E-state index contributed by atoms with van der Waals surface area (Å²) in [6.45, 7) is -0.278. The van der Waals surface area contributed by atoms with Crippen molar-refractivity contribution in [3.63, 3.8) is 0 Å². The van der Waals surface area contributed by atoms with E-state index in [9.17, 15) is 17.6 Å². The Kier molecular flexibility index (Phi) is 6.52. The molecule has 3 aromatic carbocycles. The minimum Gasteiger partial charge on any atom is -0.484 e. The second kappa shape index (κ2) is 9.28. The van der Waals surface area contributed by atoms with Gasteiger partial charge in [0.2, 0.25) is 0 Å². The van der Waals surface area contributed by atoms with Crippen LogP contribution in [0.25, 0.3) is 0 Å². The highest BCUT2D eigenvalue weighted by molar-refractivity contribution is 7.92. The van der Waals surface area contributed by atoms with Crippen LogP contribution >= 0.6 is 0 Å². The van der Waals surface area contributed by atoms with Crippen molar-refractivity contribution in [2.24, 2.45) is 0 Å². The molecule has 0 saturated heterocycles. The van der Waals surface area contributed by atoms with E-state index in [1.807, 2.05) is 6.07 Å². The number of amides is 1. The molecule has 0 spiro atoms. The van der Waals surface area contributed by atoms with Gasteiger partial charge < -0.3 is 10.1 Å². The van der Waals surface area contributed by atoms with E-state index in [2.05, 4.69) is 5.32 Å². The average Bonchev–Trinajstić information content (AvgIpc) is 2.78. The van der Waals surface area contributed by atoms with E-state index in [0.717, 1.165) is 10.4 Å². The molecule has 0 aromatic heterocycles. The maximum absolute atomic E-state index is 13.9. The van der Waals surface area contributed by atoms with Gasteiger partial charge in [-0.2, -0.15) is 5.26 Å². The van der Waals surface area contributed by atoms with Gasteiger partial charge in [0, 0.05) is 12.7 Å². The van der Waals surface area contributed by atoms with Crippen LogP contribution in [0, 0.1) is 17.1 Å². The van der Waals surface area contributed by atoms with Crippen LogP contribution in [0.3, 0.4) is 0 Å². The molecule has 9 heteroatoms. The molecule has 31 heavy (non-hydrogen) atoms. The zero-order valence-electron chi connectivity index (χ0n) is 16.4. The first-order chi connectivity index (χ1) is 14.8. The fourth-order valence-electron chi connectivity index (χ4n) is 2.70. The number of halogens is 1. The lowest BCUT2D eigenvalue weighted by Gasteiger charge is -2.20. The topological polar surface area (TPSA) is 99.5 Å². The highest BCUT2D eigenvalue weighted by Crippen LogP contribution is 2.25. The minimum atomic E-state index is -4.07. The molecule has 3 rings (SSSR count). The summed E-state index contributed by atoms with van der Waals surface area (Å²) in [6, 6.07) is 19.6. The van der Waals surface area contributed by atoms with Crippen LogP contribution in [0.5, 0.6) is 5.75 Å². The lowest BCUT2D eigenvalue weighted by atomic mass is 10.2. The summed E-state index contributed by atoms with van der Waals surface area (Å²) < 4.78 is 45.6. The summed E-state index contributed by atoms with van der Waals surface area (Å²) in [7, 11) is -2.75. The second-order valence-corrected chi connectivity index (χ2v) is 8.36. The van der Waals surface area contributed by atoms with Gasteiger partial charge in [-0.05, 0) is 54.6 Å². The molecule has 0 radical (unpaired) electrons. The van der Waals surface area contributed by atoms with E-state index in [-0.39, 0.29) is 6.61 Å². The monoisotopic (exact) mass is 439 g/mol. The van der Waals surface area contributed by atoms with Gasteiger partial charge in [-0.1, -0.05) is 18.2 Å². The van der Waals surface area contributed by atoms with Crippen LogP contribution in [-0.2, 0) is 14.8 Å². The van der Waals surface area contributed by atoms with E-state index in [1.165, 1.54) is 49.5 Å². The SMILES string of the molecule is CN(c1ccc(OCC(=O)Nc2cccc(C#N)c2)cc1)S(=O)(=O)c1ccccc1F. The van der Waals surface area contributed by atoms with Crippen LogP contribution < -0.4 is 14.4 Å². The van der Waals surface area contributed by atoms with E-state index in [4.69, 9.17) is 10.00 Å². The Hall–Kier alpha value is -3.90. The molecule has 0 aliphatic rings. The van der Waals surface area contributed by atoms with Gasteiger partial charge in [0.1, 0.15) is 16.5 Å². The van der Waals surface area contributed by atoms with Crippen molar-refractivity contribution in [1.82, 2.24) is 0 Å². The number of anilines is 2. The third-order valence-electron chi connectivity index (χ3n) is 4.32. The molecule has 0 heterocycles.